The lowest BCUT2D eigenvalue weighted by molar-refractivity contribution is 0.00276. The van der Waals surface area contributed by atoms with Crippen LogP contribution in [0.15, 0.2) is 36.4 Å². The summed E-state index contributed by atoms with van der Waals surface area (Å²) >= 11 is 0. The fourth-order valence-electron chi connectivity index (χ4n) is 5.93. The van der Waals surface area contributed by atoms with Gasteiger partial charge in [0.05, 0.1) is 0 Å². The van der Waals surface area contributed by atoms with Crippen molar-refractivity contribution >= 4 is 0 Å². The number of hydrogen-bond acceptors (Lipinski definition) is 3. The third kappa shape index (κ3) is 2.48. The third-order valence-corrected chi connectivity index (χ3v) is 7.17. The number of likely N-dealkylation sites (N-methyl/N-ethyl adjacent to an activating group) is 1. The van der Waals surface area contributed by atoms with Gasteiger partial charge in [0.1, 0.15) is 5.75 Å². The zero-order chi connectivity index (χ0) is 17.7. The number of aryl methyl sites for hydroxylation is 1. The molecule has 0 N–H and O–H groups in total. The average molecular weight is 348 g/mol. The summed E-state index contributed by atoms with van der Waals surface area (Å²) in [4.78, 5) is 7.13. The highest BCUT2D eigenvalue weighted by atomic mass is 16.5. The smallest absolute Gasteiger partial charge is 0.219 e. The quantitative estimate of drug-likeness (QED) is 0.774. The highest BCUT2D eigenvalue weighted by molar-refractivity contribution is 5.46. The van der Waals surface area contributed by atoms with Gasteiger partial charge in [0.25, 0.3) is 0 Å². The summed E-state index contributed by atoms with van der Waals surface area (Å²) in [5, 5.41) is 0. The van der Waals surface area contributed by atoms with Gasteiger partial charge in [-0.25, -0.2) is 4.98 Å². The van der Waals surface area contributed by atoms with Gasteiger partial charge in [-0.2, -0.15) is 0 Å². The zero-order valence-corrected chi connectivity index (χ0v) is 15.9. The van der Waals surface area contributed by atoms with Crippen molar-refractivity contribution in [2.75, 3.05) is 13.6 Å². The molecule has 0 amide bonds. The highest BCUT2D eigenvalue weighted by Gasteiger charge is 2.53. The van der Waals surface area contributed by atoms with Crippen LogP contribution in [0.5, 0.6) is 11.6 Å². The normalized spacial score (nSPS) is 30.4. The molecule has 2 aliphatic carbocycles. The van der Waals surface area contributed by atoms with Crippen molar-refractivity contribution in [3.8, 4) is 11.6 Å². The van der Waals surface area contributed by atoms with Gasteiger partial charge < -0.3 is 9.64 Å². The van der Waals surface area contributed by atoms with Crippen LogP contribution in [0.4, 0.5) is 0 Å². The van der Waals surface area contributed by atoms with E-state index in [9.17, 15) is 0 Å². The van der Waals surface area contributed by atoms with Gasteiger partial charge in [0.2, 0.25) is 5.88 Å². The first-order valence-corrected chi connectivity index (χ1v) is 10.1. The largest absolute Gasteiger partial charge is 0.439 e. The Morgan fingerprint density at radius 2 is 2.08 bits per heavy atom. The molecule has 26 heavy (non-hydrogen) atoms. The fraction of sp³-hybridized carbons (Fsp3) is 0.522. The number of hydrogen-bond donors (Lipinski definition) is 0. The van der Waals surface area contributed by atoms with E-state index >= 15 is 0 Å². The summed E-state index contributed by atoms with van der Waals surface area (Å²) in [5.41, 5.74) is 4.49. The number of nitrogens with zero attached hydrogens (tertiary/aromatic N) is 2. The predicted octanol–water partition coefficient (Wildman–Crippen LogP) is 4.87. The van der Waals surface area contributed by atoms with Crippen molar-refractivity contribution in [1.29, 1.82) is 0 Å². The second-order valence-corrected chi connectivity index (χ2v) is 8.55. The van der Waals surface area contributed by atoms with Crippen molar-refractivity contribution in [1.82, 2.24) is 9.88 Å². The number of ether oxygens (including phenoxy) is 1. The molecule has 3 heteroatoms. The highest BCUT2D eigenvalue weighted by Crippen LogP contribution is 2.56. The Bertz CT molecular complexity index is 833. The van der Waals surface area contributed by atoms with Gasteiger partial charge in [-0.1, -0.05) is 25.0 Å². The molecule has 3 nitrogen and oxygen atoms in total. The Labute approximate surface area is 156 Å². The molecule has 2 fully saturated rings. The summed E-state index contributed by atoms with van der Waals surface area (Å²) in [6.07, 6.45) is 8.00. The summed E-state index contributed by atoms with van der Waals surface area (Å²) in [7, 11) is 2.33. The molecular formula is C23H28N2O. The van der Waals surface area contributed by atoms with Crippen LogP contribution in [0.2, 0.25) is 0 Å². The van der Waals surface area contributed by atoms with Crippen molar-refractivity contribution in [3.05, 3.63) is 53.2 Å². The van der Waals surface area contributed by atoms with E-state index in [1.807, 2.05) is 25.1 Å². The second-order valence-electron chi connectivity index (χ2n) is 8.55. The molecule has 1 aromatic carbocycles. The van der Waals surface area contributed by atoms with E-state index in [0.717, 1.165) is 23.4 Å². The van der Waals surface area contributed by atoms with Gasteiger partial charge in [-0.3, -0.25) is 0 Å². The standard InChI is InChI=1S/C23H28N2O/c1-16-6-5-8-22(24-16)26-18-10-9-17-14-21-19-7-3-4-11-23(19,20(17)15-18)12-13-25(21)2/h5-6,8-10,15,19,21H,3-4,7,11-14H2,1-2H3/t19-,21+,23+/m1/s1. The van der Waals surface area contributed by atoms with Crippen LogP contribution < -0.4 is 4.74 Å². The Balaban J connectivity index is 1.55. The summed E-state index contributed by atoms with van der Waals surface area (Å²) < 4.78 is 6.14. The summed E-state index contributed by atoms with van der Waals surface area (Å²) in [5.74, 6) is 2.45. The van der Waals surface area contributed by atoms with Crippen LogP contribution >= 0.6 is 0 Å². The van der Waals surface area contributed by atoms with Crippen LogP contribution in [-0.2, 0) is 11.8 Å². The molecule has 0 spiro atoms. The lowest BCUT2D eigenvalue weighted by Gasteiger charge is -2.58. The van der Waals surface area contributed by atoms with Crippen LogP contribution in [0.1, 0.15) is 48.9 Å². The maximum atomic E-state index is 6.14. The zero-order valence-electron chi connectivity index (χ0n) is 15.9. The monoisotopic (exact) mass is 348 g/mol. The average Bonchev–Trinajstić information content (AvgIpc) is 2.65. The van der Waals surface area contributed by atoms with E-state index in [-0.39, 0.29) is 0 Å². The number of pyridine rings is 1. The molecule has 5 rings (SSSR count). The number of rotatable bonds is 2. The van der Waals surface area contributed by atoms with E-state index in [0.29, 0.717) is 11.3 Å². The molecule has 3 aliphatic rings. The number of piperidine rings is 1. The molecule has 2 heterocycles. The minimum absolute atomic E-state index is 0.377. The number of aromatic nitrogens is 1. The molecule has 1 aromatic heterocycles. The van der Waals surface area contributed by atoms with Crippen molar-refractivity contribution in [3.63, 3.8) is 0 Å². The maximum absolute atomic E-state index is 6.14. The molecule has 1 saturated heterocycles. The summed E-state index contributed by atoms with van der Waals surface area (Å²) in [6.45, 7) is 3.23. The van der Waals surface area contributed by atoms with Gasteiger partial charge in [-0.05, 0) is 81.4 Å². The van der Waals surface area contributed by atoms with E-state index in [1.165, 1.54) is 45.1 Å². The fourth-order valence-corrected chi connectivity index (χ4v) is 5.93. The Kier molecular flexibility index (Phi) is 3.82. The molecule has 1 saturated carbocycles. The van der Waals surface area contributed by atoms with E-state index in [1.54, 1.807) is 11.1 Å². The lowest BCUT2D eigenvalue weighted by Crippen LogP contribution is -2.59. The number of benzene rings is 1. The van der Waals surface area contributed by atoms with Gasteiger partial charge in [0, 0.05) is 23.2 Å². The van der Waals surface area contributed by atoms with Crippen molar-refractivity contribution in [2.24, 2.45) is 5.92 Å². The molecule has 3 atom stereocenters. The minimum Gasteiger partial charge on any atom is -0.439 e. The number of fused-ring (bicyclic) bond motifs is 1. The minimum atomic E-state index is 0.377. The van der Waals surface area contributed by atoms with Crippen molar-refractivity contribution in [2.45, 2.75) is 56.9 Å². The topological polar surface area (TPSA) is 25.4 Å². The Morgan fingerprint density at radius 3 is 2.96 bits per heavy atom. The summed E-state index contributed by atoms with van der Waals surface area (Å²) in [6, 6.07) is 13.5. The first-order valence-electron chi connectivity index (χ1n) is 10.1. The van der Waals surface area contributed by atoms with Gasteiger partial charge in [-0.15, -0.1) is 0 Å². The molecule has 0 radical (unpaired) electrons. The SMILES string of the molecule is Cc1cccc(Oc2ccc3c(c2)[C@]24CCCC[C@@H]2[C@H](C3)N(C)CC4)n1. The van der Waals surface area contributed by atoms with Gasteiger partial charge in [0.15, 0.2) is 0 Å². The first kappa shape index (κ1) is 16.3. The maximum Gasteiger partial charge on any atom is 0.219 e. The van der Waals surface area contributed by atoms with E-state index in [4.69, 9.17) is 4.74 Å². The van der Waals surface area contributed by atoms with Crippen LogP contribution in [-0.4, -0.2) is 29.5 Å². The Hall–Kier alpha value is -1.87. The first-order chi connectivity index (χ1) is 12.7. The van der Waals surface area contributed by atoms with Crippen LogP contribution in [0.3, 0.4) is 0 Å². The molecule has 1 aliphatic heterocycles. The molecule has 0 unspecified atom stereocenters. The van der Waals surface area contributed by atoms with Crippen LogP contribution in [0.25, 0.3) is 0 Å². The van der Waals surface area contributed by atoms with Crippen LogP contribution in [0, 0.1) is 12.8 Å². The van der Waals surface area contributed by atoms with Crippen molar-refractivity contribution < 1.29 is 4.74 Å². The molecule has 2 bridgehead atoms. The molecular weight excluding hydrogens is 320 g/mol. The van der Waals surface area contributed by atoms with E-state index in [2.05, 4.69) is 35.1 Å². The van der Waals surface area contributed by atoms with E-state index < -0.39 is 0 Å². The second kappa shape index (κ2) is 6.09. The molecule has 136 valence electrons. The molecule has 2 aromatic rings. The van der Waals surface area contributed by atoms with Gasteiger partial charge >= 0.3 is 0 Å². The third-order valence-electron chi connectivity index (χ3n) is 7.17. The Morgan fingerprint density at radius 1 is 1.15 bits per heavy atom. The lowest BCUT2D eigenvalue weighted by atomic mass is 9.52. The predicted molar refractivity (Wildman–Crippen MR) is 104 cm³/mol. The number of likely N-dealkylation sites (tertiary alicyclic amines) is 1.